The van der Waals surface area contributed by atoms with Gasteiger partial charge in [-0.25, -0.2) is 0 Å². The first kappa shape index (κ1) is 11.0. The molecular formula is C11H22FN. The molecule has 0 bridgehead atoms. The van der Waals surface area contributed by atoms with Crippen molar-refractivity contribution in [2.45, 2.75) is 52.5 Å². The third-order valence-electron chi connectivity index (χ3n) is 3.19. The van der Waals surface area contributed by atoms with E-state index in [1.165, 1.54) is 12.8 Å². The molecule has 0 aliphatic heterocycles. The van der Waals surface area contributed by atoms with Crippen molar-refractivity contribution in [3.63, 3.8) is 0 Å². The van der Waals surface area contributed by atoms with Gasteiger partial charge in [-0.2, -0.15) is 0 Å². The lowest BCUT2D eigenvalue weighted by atomic mass is 9.81. The van der Waals surface area contributed by atoms with Gasteiger partial charge in [-0.15, -0.1) is 9.60 Å². The molecule has 0 aromatic heterocycles. The van der Waals surface area contributed by atoms with Crippen molar-refractivity contribution < 1.29 is 4.48 Å². The van der Waals surface area contributed by atoms with E-state index in [4.69, 9.17) is 0 Å². The Kier molecular flexibility index (Phi) is 3.33. The topological polar surface area (TPSA) is 3.24 Å². The van der Waals surface area contributed by atoms with Crippen LogP contribution in [0.5, 0.6) is 0 Å². The summed E-state index contributed by atoms with van der Waals surface area (Å²) in [4.78, 5) is 0. The molecule has 0 aromatic carbocycles. The SMILES string of the molecule is CC1CCC(N(C)F)CC(C)(C)C1. The highest BCUT2D eigenvalue weighted by molar-refractivity contribution is 4.82. The average Bonchev–Trinajstić information content (AvgIpc) is 2.07. The smallest absolute Gasteiger partial charge is 0.0404 e. The van der Waals surface area contributed by atoms with Crippen LogP contribution >= 0.6 is 0 Å². The number of hydrogen-bond donors (Lipinski definition) is 0. The van der Waals surface area contributed by atoms with Gasteiger partial charge in [0.2, 0.25) is 0 Å². The molecule has 1 aliphatic carbocycles. The molecule has 1 aliphatic rings. The monoisotopic (exact) mass is 187 g/mol. The lowest BCUT2D eigenvalue weighted by Crippen LogP contribution is -2.28. The molecule has 1 nitrogen and oxygen atoms in total. The summed E-state index contributed by atoms with van der Waals surface area (Å²) in [6.45, 7) is 6.79. The predicted molar refractivity (Wildman–Crippen MR) is 54.1 cm³/mol. The number of hydrogen-bond acceptors (Lipinski definition) is 1. The van der Waals surface area contributed by atoms with E-state index in [0.29, 0.717) is 5.41 Å². The van der Waals surface area contributed by atoms with Gasteiger partial charge in [0.1, 0.15) is 0 Å². The summed E-state index contributed by atoms with van der Waals surface area (Å²) in [6, 6.07) is 0.139. The fourth-order valence-corrected chi connectivity index (χ4v) is 2.65. The maximum absolute atomic E-state index is 13.1. The Hall–Kier alpha value is -0.110. The Bertz CT molecular complexity index is 165. The van der Waals surface area contributed by atoms with Crippen LogP contribution < -0.4 is 0 Å². The van der Waals surface area contributed by atoms with E-state index in [1.807, 2.05) is 0 Å². The van der Waals surface area contributed by atoms with Crippen LogP contribution in [0.1, 0.15) is 46.5 Å². The van der Waals surface area contributed by atoms with Crippen LogP contribution in [0.3, 0.4) is 0 Å². The molecule has 0 spiro atoms. The van der Waals surface area contributed by atoms with Crippen LogP contribution in [0.2, 0.25) is 0 Å². The molecular weight excluding hydrogens is 165 g/mol. The summed E-state index contributed by atoms with van der Waals surface area (Å²) in [5.41, 5.74) is 0.306. The fraction of sp³-hybridized carbons (Fsp3) is 1.00. The van der Waals surface area contributed by atoms with Crippen LogP contribution in [0, 0.1) is 11.3 Å². The largest absolute Gasteiger partial charge is 0.146 e. The third kappa shape index (κ3) is 3.26. The van der Waals surface area contributed by atoms with Crippen LogP contribution in [0.25, 0.3) is 0 Å². The highest BCUT2D eigenvalue weighted by atomic mass is 19.2. The second kappa shape index (κ2) is 3.95. The molecule has 0 aromatic rings. The maximum atomic E-state index is 13.1. The maximum Gasteiger partial charge on any atom is 0.0404 e. The van der Waals surface area contributed by atoms with Crippen LogP contribution in [0.4, 0.5) is 4.48 Å². The second-order valence-corrected chi connectivity index (χ2v) is 5.43. The van der Waals surface area contributed by atoms with Gasteiger partial charge in [-0.1, -0.05) is 20.8 Å². The van der Waals surface area contributed by atoms with Crippen LogP contribution in [-0.2, 0) is 0 Å². The van der Waals surface area contributed by atoms with Gasteiger partial charge in [0.05, 0.1) is 0 Å². The molecule has 0 saturated heterocycles. The zero-order chi connectivity index (χ0) is 10.1. The van der Waals surface area contributed by atoms with Crippen molar-refractivity contribution >= 4 is 0 Å². The van der Waals surface area contributed by atoms with Gasteiger partial charge in [0.25, 0.3) is 0 Å². The van der Waals surface area contributed by atoms with E-state index in [2.05, 4.69) is 20.8 Å². The fourth-order valence-electron chi connectivity index (χ4n) is 2.65. The highest BCUT2D eigenvalue weighted by Crippen LogP contribution is 2.38. The highest BCUT2D eigenvalue weighted by Gasteiger charge is 2.31. The lowest BCUT2D eigenvalue weighted by Gasteiger charge is -2.28. The standard InChI is InChI=1S/C11H22FN/c1-9-5-6-10(13(4)12)8-11(2,3)7-9/h9-10H,5-8H2,1-4H3. The molecule has 13 heavy (non-hydrogen) atoms. The molecule has 2 heteroatoms. The minimum atomic E-state index is 0.139. The van der Waals surface area contributed by atoms with Gasteiger partial charge in [0.15, 0.2) is 0 Å². The Morgan fingerprint density at radius 3 is 2.38 bits per heavy atom. The summed E-state index contributed by atoms with van der Waals surface area (Å²) in [5, 5.41) is 0.903. The molecule has 78 valence electrons. The van der Waals surface area contributed by atoms with Crippen molar-refractivity contribution in [1.29, 1.82) is 0 Å². The third-order valence-corrected chi connectivity index (χ3v) is 3.19. The summed E-state index contributed by atoms with van der Waals surface area (Å²) >= 11 is 0. The zero-order valence-electron chi connectivity index (χ0n) is 9.31. The molecule has 2 unspecified atom stereocenters. The van der Waals surface area contributed by atoms with E-state index in [-0.39, 0.29) is 6.04 Å². The summed E-state index contributed by atoms with van der Waals surface area (Å²) < 4.78 is 13.1. The van der Waals surface area contributed by atoms with Gasteiger partial charge >= 0.3 is 0 Å². The zero-order valence-corrected chi connectivity index (χ0v) is 9.31. The number of halogens is 1. The number of nitrogens with zero attached hydrogens (tertiary/aromatic N) is 1. The molecule has 1 fully saturated rings. The number of rotatable bonds is 1. The van der Waals surface area contributed by atoms with E-state index in [9.17, 15) is 4.48 Å². The lowest BCUT2D eigenvalue weighted by molar-refractivity contribution is -0.00953. The Morgan fingerprint density at radius 1 is 1.23 bits per heavy atom. The Labute approximate surface area is 81.2 Å². The Morgan fingerprint density at radius 2 is 1.85 bits per heavy atom. The van der Waals surface area contributed by atoms with E-state index >= 15 is 0 Å². The van der Waals surface area contributed by atoms with E-state index < -0.39 is 0 Å². The molecule has 2 atom stereocenters. The first-order chi connectivity index (χ1) is 5.91. The van der Waals surface area contributed by atoms with Crippen molar-refractivity contribution in [1.82, 2.24) is 5.12 Å². The minimum absolute atomic E-state index is 0.139. The minimum Gasteiger partial charge on any atom is -0.146 e. The molecule has 1 saturated carbocycles. The quantitative estimate of drug-likeness (QED) is 0.449. The van der Waals surface area contributed by atoms with Gasteiger partial charge in [-0.05, 0) is 37.0 Å². The molecule has 0 N–H and O–H groups in total. The van der Waals surface area contributed by atoms with E-state index in [0.717, 1.165) is 23.9 Å². The van der Waals surface area contributed by atoms with Crippen molar-refractivity contribution in [2.75, 3.05) is 7.05 Å². The van der Waals surface area contributed by atoms with E-state index in [1.54, 1.807) is 7.05 Å². The summed E-state index contributed by atoms with van der Waals surface area (Å²) in [5.74, 6) is 0.750. The second-order valence-electron chi connectivity index (χ2n) is 5.43. The normalized spacial score (nSPS) is 34.6. The van der Waals surface area contributed by atoms with Gasteiger partial charge in [-0.3, -0.25) is 0 Å². The van der Waals surface area contributed by atoms with Gasteiger partial charge in [0, 0.05) is 13.1 Å². The average molecular weight is 187 g/mol. The molecule has 0 amide bonds. The summed E-state index contributed by atoms with van der Waals surface area (Å²) in [7, 11) is 1.55. The van der Waals surface area contributed by atoms with Crippen molar-refractivity contribution in [3.8, 4) is 0 Å². The predicted octanol–water partition coefficient (Wildman–Crippen LogP) is 3.41. The first-order valence-electron chi connectivity index (χ1n) is 5.29. The Balaban J connectivity index is 2.62. The van der Waals surface area contributed by atoms with Gasteiger partial charge < -0.3 is 0 Å². The molecule has 1 rings (SSSR count). The van der Waals surface area contributed by atoms with Crippen molar-refractivity contribution in [3.05, 3.63) is 0 Å². The van der Waals surface area contributed by atoms with Crippen LogP contribution in [-0.4, -0.2) is 18.2 Å². The van der Waals surface area contributed by atoms with Crippen LogP contribution in [0.15, 0.2) is 0 Å². The molecule has 0 radical (unpaired) electrons. The summed E-state index contributed by atoms with van der Waals surface area (Å²) in [6.07, 6.45) is 4.40. The first-order valence-corrected chi connectivity index (χ1v) is 5.29. The van der Waals surface area contributed by atoms with Crippen molar-refractivity contribution in [2.24, 2.45) is 11.3 Å². The molecule has 0 heterocycles.